The predicted octanol–water partition coefficient (Wildman–Crippen LogP) is 3.46. The molecule has 4 heteroatoms. The number of rotatable bonds is 6. The van der Waals surface area contributed by atoms with Crippen LogP contribution in [-0.2, 0) is 4.79 Å². The Balaban J connectivity index is 1.55. The Morgan fingerprint density at radius 3 is 2.70 bits per heavy atom. The fraction of sp³-hybridized carbons (Fsp3) is 0.562. The molecule has 0 bridgehead atoms. The SMILES string of the molecule is Cc1ccc(NC(=O)CN(CC2CC2)C2CC2)cc1Cl. The molecule has 1 aromatic rings. The number of nitrogens with one attached hydrogen (secondary N) is 1. The third-order valence-corrected chi connectivity index (χ3v) is 4.46. The van der Waals surface area contributed by atoms with Gasteiger partial charge in [0, 0.05) is 23.3 Å². The zero-order chi connectivity index (χ0) is 14.1. The summed E-state index contributed by atoms with van der Waals surface area (Å²) in [6.07, 6.45) is 5.16. The standard InChI is InChI=1S/C16H21ClN2O/c1-11-2-5-13(8-15(11)17)18-16(20)10-19(14-6-7-14)9-12-3-4-12/h2,5,8,12,14H,3-4,6-7,9-10H2,1H3,(H,18,20). The minimum Gasteiger partial charge on any atom is -0.325 e. The Kier molecular flexibility index (Phi) is 3.99. The number of hydrogen-bond donors (Lipinski definition) is 1. The van der Waals surface area contributed by atoms with E-state index in [4.69, 9.17) is 11.6 Å². The van der Waals surface area contributed by atoms with E-state index < -0.39 is 0 Å². The summed E-state index contributed by atoms with van der Waals surface area (Å²) in [7, 11) is 0. The van der Waals surface area contributed by atoms with Gasteiger partial charge in [-0.1, -0.05) is 17.7 Å². The monoisotopic (exact) mass is 292 g/mol. The predicted molar refractivity (Wildman–Crippen MR) is 82.1 cm³/mol. The summed E-state index contributed by atoms with van der Waals surface area (Å²) in [4.78, 5) is 14.5. The number of carbonyl (C=O) groups is 1. The van der Waals surface area contributed by atoms with Crippen molar-refractivity contribution in [2.75, 3.05) is 18.4 Å². The molecule has 0 radical (unpaired) electrons. The zero-order valence-electron chi connectivity index (χ0n) is 11.9. The number of carbonyl (C=O) groups excluding carboxylic acids is 1. The molecule has 0 heterocycles. The van der Waals surface area contributed by atoms with E-state index in [1.165, 1.54) is 25.7 Å². The van der Waals surface area contributed by atoms with Crippen LogP contribution in [0.4, 0.5) is 5.69 Å². The normalized spacial score (nSPS) is 18.4. The van der Waals surface area contributed by atoms with Gasteiger partial charge in [0.15, 0.2) is 0 Å². The maximum Gasteiger partial charge on any atom is 0.238 e. The highest BCUT2D eigenvalue weighted by atomic mass is 35.5. The molecule has 20 heavy (non-hydrogen) atoms. The van der Waals surface area contributed by atoms with Gasteiger partial charge in [0.25, 0.3) is 0 Å². The molecule has 2 aliphatic rings. The average molecular weight is 293 g/mol. The average Bonchev–Trinajstić information content (AvgIpc) is 3.26. The maximum atomic E-state index is 12.2. The third kappa shape index (κ3) is 3.74. The number of hydrogen-bond acceptors (Lipinski definition) is 2. The molecule has 3 nitrogen and oxygen atoms in total. The van der Waals surface area contributed by atoms with Crippen LogP contribution in [0.25, 0.3) is 0 Å². The maximum absolute atomic E-state index is 12.2. The van der Waals surface area contributed by atoms with Gasteiger partial charge in [-0.05, 0) is 56.2 Å². The Labute approximate surface area is 125 Å². The number of halogens is 1. The van der Waals surface area contributed by atoms with Crippen molar-refractivity contribution in [1.82, 2.24) is 4.90 Å². The van der Waals surface area contributed by atoms with E-state index in [2.05, 4.69) is 10.2 Å². The summed E-state index contributed by atoms with van der Waals surface area (Å²) < 4.78 is 0. The van der Waals surface area contributed by atoms with Crippen LogP contribution in [0, 0.1) is 12.8 Å². The van der Waals surface area contributed by atoms with E-state index >= 15 is 0 Å². The van der Waals surface area contributed by atoms with E-state index in [9.17, 15) is 4.79 Å². The summed E-state index contributed by atoms with van der Waals surface area (Å²) in [5, 5.41) is 3.65. The van der Waals surface area contributed by atoms with Crippen LogP contribution in [0.2, 0.25) is 5.02 Å². The molecule has 108 valence electrons. The van der Waals surface area contributed by atoms with Gasteiger partial charge in [0.1, 0.15) is 0 Å². The molecule has 1 N–H and O–H groups in total. The Hall–Kier alpha value is -1.06. The summed E-state index contributed by atoms with van der Waals surface area (Å²) in [6.45, 7) is 3.55. The van der Waals surface area contributed by atoms with Gasteiger partial charge >= 0.3 is 0 Å². The number of aryl methyl sites for hydroxylation is 1. The second-order valence-electron chi connectivity index (χ2n) is 6.12. The van der Waals surface area contributed by atoms with Gasteiger partial charge in [-0.3, -0.25) is 9.69 Å². The van der Waals surface area contributed by atoms with Crippen LogP contribution < -0.4 is 5.32 Å². The van der Waals surface area contributed by atoms with Crippen LogP contribution in [0.3, 0.4) is 0 Å². The van der Waals surface area contributed by atoms with Crippen molar-refractivity contribution in [2.45, 2.75) is 38.6 Å². The Bertz CT molecular complexity index is 509. The van der Waals surface area contributed by atoms with Crippen LogP contribution in [0.1, 0.15) is 31.2 Å². The van der Waals surface area contributed by atoms with Crippen molar-refractivity contribution >= 4 is 23.2 Å². The molecule has 0 saturated heterocycles. The van der Waals surface area contributed by atoms with Gasteiger partial charge in [0.2, 0.25) is 5.91 Å². The van der Waals surface area contributed by atoms with Crippen LogP contribution in [-0.4, -0.2) is 29.9 Å². The van der Waals surface area contributed by atoms with E-state index in [1.54, 1.807) is 0 Å². The van der Waals surface area contributed by atoms with Gasteiger partial charge in [-0.2, -0.15) is 0 Å². The second-order valence-corrected chi connectivity index (χ2v) is 6.52. The molecule has 0 aromatic heterocycles. The minimum atomic E-state index is 0.0671. The first-order valence-electron chi connectivity index (χ1n) is 7.42. The number of nitrogens with zero attached hydrogens (tertiary/aromatic N) is 1. The van der Waals surface area contributed by atoms with Crippen LogP contribution >= 0.6 is 11.6 Å². The number of amides is 1. The molecule has 2 fully saturated rings. The summed E-state index contributed by atoms with van der Waals surface area (Å²) in [5.41, 5.74) is 1.81. The van der Waals surface area contributed by atoms with Crippen molar-refractivity contribution in [1.29, 1.82) is 0 Å². The molecular formula is C16H21ClN2O. The van der Waals surface area contributed by atoms with Gasteiger partial charge < -0.3 is 5.32 Å². The highest BCUT2D eigenvalue weighted by molar-refractivity contribution is 6.31. The largest absolute Gasteiger partial charge is 0.325 e. The van der Waals surface area contributed by atoms with Crippen molar-refractivity contribution in [2.24, 2.45) is 5.92 Å². The lowest BCUT2D eigenvalue weighted by Gasteiger charge is -2.21. The number of anilines is 1. The highest BCUT2D eigenvalue weighted by Crippen LogP contribution is 2.34. The first kappa shape index (κ1) is 13.9. The number of benzene rings is 1. The quantitative estimate of drug-likeness (QED) is 0.871. The van der Waals surface area contributed by atoms with Crippen molar-refractivity contribution in [3.05, 3.63) is 28.8 Å². The van der Waals surface area contributed by atoms with Gasteiger partial charge in [0.05, 0.1) is 6.54 Å². The lowest BCUT2D eigenvalue weighted by Crippen LogP contribution is -2.36. The van der Waals surface area contributed by atoms with Crippen LogP contribution in [0.5, 0.6) is 0 Å². The first-order chi connectivity index (χ1) is 9.61. The summed E-state index contributed by atoms with van der Waals surface area (Å²) in [5.74, 6) is 0.898. The van der Waals surface area contributed by atoms with Crippen LogP contribution in [0.15, 0.2) is 18.2 Å². The molecule has 0 atom stereocenters. The Morgan fingerprint density at radius 2 is 2.10 bits per heavy atom. The first-order valence-corrected chi connectivity index (χ1v) is 7.79. The molecule has 1 aromatic carbocycles. The van der Waals surface area contributed by atoms with Gasteiger partial charge in [-0.25, -0.2) is 0 Å². The minimum absolute atomic E-state index is 0.0671. The lowest BCUT2D eigenvalue weighted by molar-refractivity contribution is -0.117. The van der Waals surface area contributed by atoms with Gasteiger partial charge in [-0.15, -0.1) is 0 Å². The smallest absolute Gasteiger partial charge is 0.238 e. The topological polar surface area (TPSA) is 32.3 Å². The molecule has 0 unspecified atom stereocenters. The highest BCUT2D eigenvalue weighted by Gasteiger charge is 2.34. The fourth-order valence-corrected chi connectivity index (χ4v) is 2.65. The molecule has 2 aliphatic carbocycles. The second kappa shape index (κ2) is 5.74. The Morgan fingerprint density at radius 1 is 1.35 bits per heavy atom. The molecular weight excluding hydrogens is 272 g/mol. The third-order valence-electron chi connectivity index (χ3n) is 4.06. The molecule has 0 aliphatic heterocycles. The molecule has 2 saturated carbocycles. The lowest BCUT2D eigenvalue weighted by atomic mass is 10.2. The zero-order valence-corrected chi connectivity index (χ0v) is 12.6. The van der Waals surface area contributed by atoms with Crippen molar-refractivity contribution < 1.29 is 4.79 Å². The van der Waals surface area contributed by atoms with E-state index in [1.807, 2.05) is 25.1 Å². The fourth-order valence-electron chi connectivity index (χ4n) is 2.47. The molecule has 1 amide bonds. The molecule has 3 rings (SSSR count). The summed E-state index contributed by atoms with van der Waals surface area (Å²) in [6, 6.07) is 6.29. The van der Waals surface area contributed by atoms with Crippen molar-refractivity contribution in [3.63, 3.8) is 0 Å². The van der Waals surface area contributed by atoms with Crippen molar-refractivity contribution in [3.8, 4) is 0 Å². The van der Waals surface area contributed by atoms with E-state index in [-0.39, 0.29) is 5.91 Å². The van der Waals surface area contributed by atoms with E-state index in [0.29, 0.717) is 17.6 Å². The van der Waals surface area contributed by atoms with E-state index in [0.717, 1.165) is 23.7 Å². The summed E-state index contributed by atoms with van der Waals surface area (Å²) >= 11 is 6.08. The molecule has 0 spiro atoms.